The highest BCUT2D eigenvalue weighted by molar-refractivity contribution is 6.30. The van der Waals surface area contributed by atoms with Gasteiger partial charge in [0.05, 0.1) is 17.9 Å². The monoisotopic (exact) mass is 489 g/mol. The van der Waals surface area contributed by atoms with Crippen molar-refractivity contribution in [2.75, 3.05) is 0 Å². The van der Waals surface area contributed by atoms with E-state index in [2.05, 4.69) is 0 Å². The number of rotatable bonds is 8. The maximum absolute atomic E-state index is 14.0. The van der Waals surface area contributed by atoms with E-state index in [4.69, 9.17) is 23.2 Å². The number of ketones is 1. The first-order valence-electron chi connectivity index (χ1n) is 11.1. The Kier molecular flexibility index (Phi) is 7.86. The van der Waals surface area contributed by atoms with Crippen molar-refractivity contribution in [3.05, 3.63) is 69.7 Å². The Morgan fingerprint density at radius 1 is 1.12 bits per heavy atom. The number of carboxylic acids is 1. The minimum Gasteiger partial charge on any atom is -0.481 e. The van der Waals surface area contributed by atoms with Crippen LogP contribution in [0.1, 0.15) is 69.5 Å². The molecule has 7 heteroatoms. The van der Waals surface area contributed by atoms with E-state index >= 15 is 0 Å². The van der Waals surface area contributed by atoms with E-state index in [-0.39, 0.29) is 42.5 Å². The quantitative estimate of drug-likeness (QED) is 0.472. The Morgan fingerprint density at radius 2 is 1.79 bits per heavy atom. The van der Waals surface area contributed by atoms with E-state index in [0.29, 0.717) is 22.9 Å². The standard InChI is InChI=1S/C26H29Cl2NO4/c1-4-21(12-16(2)30)29-24(17-8-10-19(27)11-9-17)22(18-6-5-7-20(28)13-18)14-26(3,25(29)33)15-23(31)32/h5-11,13,21-22,24H,4,12,14-15H2,1-3H3,(H,31,32)/t21-,22?,24?,26+/m0/s1. The fraction of sp³-hybridized carbons (Fsp3) is 0.423. The first-order chi connectivity index (χ1) is 15.6. The van der Waals surface area contributed by atoms with E-state index in [9.17, 15) is 19.5 Å². The lowest BCUT2D eigenvalue weighted by atomic mass is 9.67. The van der Waals surface area contributed by atoms with Gasteiger partial charge in [0.2, 0.25) is 5.91 Å². The van der Waals surface area contributed by atoms with Gasteiger partial charge >= 0.3 is 5.97 Å². The van der Waals surface area contributed by atoms with Crippen LogP contribution in [-0.4, -0.2) is 33.7 Å². The van der Waals surface area contributed by atoms with Crippen molar-refractivity contribution in [1.82, 2.24) is 4.90 Å². The van der Waals surface area contributed by atoms with Gasteiger partial charge in [0.1, 0.15) is 5.78 Å². The zero-order valence-corrected chi connectivity index (χ0v) is 20.6. The number of carbonyl (C=O) groups excluding carboxylic acids is 2. The van der Waals surface area contributed by atoms with Gasteiger partial charge in [-0.3, -0.25) is 14.4 Å². The number of aliphatic carboxylic acids is 1. The lowest BCUT2D eigenvalue weighted by molar-refractivity contribution is -0.161. The first-order valence-corrected chi connectivity index (χ1v) is 11.9. The molecular weight excluding hydrogens is 461 g/mol. The predicted octanol–water partition coefficient (Wildman–Crippen LogP) is 6.29. The van der Waals surface area contributed by atoms with Crippen molar-refractivity contribution in [3.8, 4) is 0 Å². The van der Waals surface area contributed by atoms with E-state index in [0.717, 1.165) is 11.1 Å². The summed E-state index contributed by atoms with van der Waals surface area (Å²) in [5.74, 6) is -1.50. The molecule has 1 aliphatic heterocycles. The summed E-state index contributed by atoms with van der Waals surface area (Å²) in [6.45, 7) is 5.17. The fourth-order valence-electron chi connectivity index (χ4n) is 5.05. The van der Waals surface area contributed by atoms with E-state index in [1.54, 1.807) is 30.0 Å². The van der Waals surface area contributed by atoms with Gasteiger partial charge in [0.25, 0.3) is 0 Å². The Balaban J connectivity index is 2.24. The summed E-state index contributed by atoms with van der Waals surface area (Å²) in [4.78, 5) is 39.6. The van der Waals surface area contributed by atoms with Gasteiger partial charge in [-0.1, -0.05) is 61.3 Å². The summed E-state index contributed by atoms with van der Waals surface area (Å²) in [5, 5.41) is 10.8. The van der Waals surface area contributed by atoms with Gasteiger partial charge < -0.3 is 10.0 Å². The molecule has 1 saturated heterocycles. The molecule has 2 unspecified atom stereocenters. The van der Waals surface area contributed by atoms with E-state index < -0.39 is 11.4 Å². The van der Waals surface area contributed by atoms with Crippen LogP contribution in [0.25, 0.3) is 0 Å². The molecule has 1 fully saturated rings. The number of hydrogen-bond acceptors (Lipinski definition) is 3. The molecule has 0 spiro atoms. The first kappa shape index (κ1) is 25.3. The average molecular weight is 490 g/mol. The second-order valence-electron chi connectivity index (χ2n) is 9.17. The van der Waals surface area contributed by atoms with Crippen molar-refractivity contribution < 1.29 is 19.5 Å². The number of piperidine rings is 1. The minimum absolute atomic E-state index is 0.0191. The minimum atomic E-state index is -1.12. The number of halogens is 2. The molecule has 2 aromatic rings. The summed E-state index contributed by atoms with van der Waals surface area (Å²) in [6.07, 6.45) is 0.834. The van der Waals surface area contributed by atoms with Gasteiger partial charge in [-0.2, -0.15) is 0 Å². The Hall–Kier alpha value is -2.37. The van der Waals surface area contributed by atoms with Crippen LogP contribution in [0.4, 0.5) is 0 Å². The third kappa shape index (κ3) is 5.59. The number of carboxylic acid groups (broad SMARTS) is 1. The molecule has 4 atom stereocenters. The third-order valence-corrected chi connectivity index (χ3v) is 7.01. The molecule has 0 radical (unpaired) electrons. The fourth-order valence-corrected chi connectivity index (χ4v) is 5.38. The molecule has 1 heterocycles. The van der Waals surface area contributed by atoms with Crippen LogP contribution in [0.5, 0.6) is 0 Å². The number of nitrogens with zero attached hydrogens (tertiary/aromatic N) is 1. The smallest absolute Gasteiger partial charge is 0.304 e. The molecule has 3 rings (SSSR count). The normalized spacial score (nSPS) is 23.9. The van der Waals surface area contributed by atoms with Gasteiger partial charge in [0, 0.05) is 28.4 Å². The van der Waals surface area contributed by atoms with Crippen molar-refractivity contribution >= 4 is 40.9 Å². The van der Waals surface area contributed by atoms with E-state index in [1.807, 2.05) is 37.3 Å². The Bertz CT molecular complexity index is 1040. The van der Waals surface area contributed by atoms with Crippen molar-refractivity contribution in [1.29, 1.82) is 0 Å². The molecule has 176 valence electrons. The molecule has 0 bridgehead atoms. The van der Waals surface area contributed by atoms with Gasteiger partial charge in [-0.25, -0.2) is 0 Å². The second-order valence-corrected chi connectivity index (χ2v) is 10.0. The molecule has 0 aromatic heterocycles. The van der Waals surface area contributed by atoms with Crippen LogP contribution < -0.4 is 0 Å². The van der Waals surface area contributed by atoms with Crippen LogP contribution in [-0.2, 0) is 14.4 Å². The van der Waals surface area contributed by atoms with E-state index in [1.165, 1.54) is 6.92 Å². The average Bonchev–Trinajstić information content (AvgIpc) is 2.74. The highest BCUT2D eigenvalue weighted by Crippen LogP contribution is 2.52. The molecular formula is C26H29Cl2NO4. The van der Waals surface area contributed by atoms with Crippen molar-refractivity contribution in [2.24, 2.45) is 5.41 Å². The number of Topliss-reactive ketones (excluding diaryl/α,β-unsaturated/α-hetero) is 1. The van der Waals surface area contributed by atoms with Crippen LogP contribution in [0.15, 0.2) is 48.5 Å². The number of hydrogen-bond donors (Lipinski definition) is 1. The van der Waals surface area contributed by atoms with Gasteiger partial charge in [-0.15, -0.1) is 0 Å². The largest absolute Gasteiger partial charge is 0.481 e. The lowest BCUT2D eigenvalue weighted by Gasteiger charge is -2.51. The summed E-state index contributed by atoms with van der Waals surface area (Å²) < 4.78 is 0. The Morgan fingerprint density at radius 3 is 2.33 bits per heavy atom. The number of likely N-dealkylation sites (tertiary alicyclic amines) is 1. The number of carbonyl (C=O) groups is 3. The van der Waals surface area contributed by atoms with Crippen LogP contribution in [0, 0.1) is 5.41 Å². The highest BCUT2D eigenvalue weighted by atomic mass is 35.5. The second kappa shape index (κ2) is 10.3. The molecule has 1 N–H and O–H groups in total. The third-order valence-electron chi connectivity index (χ3n) is 6.52. The number of amides is 1. The predicted molar refractivity (Wildman–Crippen MR) is 130 cm³/mol. The zero-order chi connectivity index (χ0) is 24.3. The SMILES string of the molecule is CC[C@@H](CC(C)=O)N1C(=O)[C@@](C)(CC(=O)O)CC(c2cccc(Cl)c2)C1c1ccc(Cl)cc1. The van der Waals surface area contributed by atoms with Crippen LogP contribution in [0.3, 0.4) is 0 Å². The molecule has 2 aromatic carbocycles. The summed E-state index contributed by atoms with van der Waals surface area (Å²) in [6, 6.07) is 14.1. The Labute approximate surface area is 204 Å². The van der Waals surface area contributed by atoms with Crippen LogP contribution in [0.2, 0.25) is 10.0 Å². The molecule has 5 nitrogen and oxygen atoms in total. The van der Waals surface area contributed by atoms with Crippen molar-refractivity contribution in [2.45, 2.75) is 64.5 Å². The molecule has 0 saturated carbocycles. The maximum Gasteiger partial charge on any atom is 0.304 e. The van der Waals surface area contributed by atoms with Crippen LogP contribution >= 0.6 is 23.2 Å². The molecule has 0 aliphatic carbocycles. The summed E-state index contributed by atoms with van der Waals surface area (Å²) >= 11 is 12.5. The van der Waals surface area contributed by atoms with Gasteiger partial charge in [0.15, 0.2) is 0 Å². The molecule has 1 amide bonds. The summed E-state index contributed by atoms with van der Waals surface area (Å²) in [7, 11) is 0. The molecule has 33 heavy (non-hydrogen) atoms. The zero-order valence-electron chi connectivity index (χ0n) is 19.1. The van der Waals surface area contributed by atoms with Gasteiger partial charge in [-0.05, 0) is 55.2 Å². The maximum atomic E-state index is 14.0. The number of benzene rings is 2. The van der Waals surface area contributed by atoms with Crippen molar-refractivity contribution in [3.63, 3.8) is 0 Å². The lowest BCUT2D eigenvalue weighted by Crippen LogP contribution is -2.56. The highest BCUT2D eigenvalue weighted by Gasteiger charge is 2.52. The topological polar surface area (TPSA) is 74.7 Å². The molecule has 1 aliphatic rings. The summed E-state index contributed by atoms with van der Waals surface area (Å²) in [5.41, 5.74) is 0.692.